The lowest BCUT2D eigenvalue weighted by Crippen LogP contribution is -2.12. The van der Waals surface area contributed by atoms with Crippen molar-refractivity contribution >= 4 is 11.9 Å². The average Bonchev–Trinajstić information content (AvgIpc) is 2.84. The fourth-order valence-corrected chi connectivity index (χ4v) is 4.03. The third-order valence-electron chi connectivity index (χ3n) is 5.87. The number of nitrogens with zero attached hydrogens (tertiary/aromatic N) is 1. The van der Waals surface area contributed by atoms with E-state index in [1.165, 1.54) is 0 Å². The van der Waals surface area contributed by atoms with Crippen LogP contribution >= 0.6 is 0 Å². The van der Waals surface area contributed by atoms with Gasteiger partial charge in [0.05, 0.1) is 0 Å². The van der Waals surface area contributed by atoms with Crippen LogP contribution in [0.4, 0.5) is 0 Å². The molecule has 0 unspecified atom stereocenters. The lowest BCUT2D eigenvalue weighted by molar-refractivity contribution is -0.145. The summed E-state index contributed by atoms with van der Waals surface area (Å²) in [5, 5.41) is 0. The number of unbranched alkanes of at least 4 members (excludes halogenated alkanes) is 8. The monoisotopic (exact) mass is 507 g/mol. The average molecular weight is 508 g/mol. The van der Waals surface area contributed by atoms with Crippen molar-refractivity contribution in [1.82, 2.24) is 4.90 Å². The highest BCUT2D eigenvalue weighted by Crippen LogP contribution is 2.16. The van der Waals surface area contributed by atoms with Gasteiger partial charge in [-0.2, -0.15) is 0 Å². The Balaban J connectivity index is 2.43. The van der Waals surface area contributed by atoms with Crippen molar-refractivity contribution in [2.75, 3.05) is 41.5 Å². The van der Waals surface area contributed by atoms with Crippen molar-refractivity contribution in [2.45, 2.75) is 96.8 Å². The molecular weight excluding hydrogens is 458 g/mol. The molecule has 206 valence electrons. The van der Waals surface area contributed by atoms with E-state index in [-0.39, 0.29) is 25.2 Å². The Labute approximate surface area is 218 Å². The molecule has 1 aromatic rings. The molecule has 0 saturated heterocycles. The number of carbonyl (C=O) groups is 2. The van der Waals surface area contributed by atoms with E-state index < -0.39 is 0 Å². The number of carbonyl (C=O) groups excluding carboxylic acids is 2. The number of esters is 2. The first kappa shape index (κ1) is 32.1. The molecule has 0 aliphatic heterocycles. The highest BCUT2D eigenvalue weighted by molar-refractivity contribution is 5.69. The zero-order chi connectivity index (χ0) is 26.4. The number of ether oxygens (including phenoxy) is 4. The summed E-state index contributed by atoms with van der Waals surface area (Å²) in [6.07, 6.45) is 11.3. The maximum atomic E-state index is 12.2. The van der Waals surface area contributed by atoms with Crippen molar-refractivity contribution in [3.8, 4) is 0 Å². The molecule has 0 amide bonds. The highest BCUT2D eigenvalue weighted by Gasteiger charge is 2.09. The predicted octanol–water partition coefficient (Wildman–Crippen LogP) is 5.81. The van der Waals surface area contributed by atoms with E-state index in [2.05, 4.69) is 17.0 Å². The quantitative estimate of drug-likeness (QED) is 0.145. The van der Waals surface area contributed by atoms with E-state index >= 15 is 0 Å². The Bertz CT molecular complexity index is 669. The van der Waals surface area contributed by atoms with Crippen molar-refractivity contribution in [3.05, 3.63) is 34.9 Å². The van der Waals surface area contributed by atoms with Gasteiger partial charge in [-0.05, 0) is 62.5 Å². The van der Waals surface area contributed by atoms with Crippen LogP contribution in [0.15, 0.2) is 18.2 Å². The van der Waals surface area contributed by atoms with E-state index in [0.29, 0.717) is 12.8 Å². The molecule has 0 fully saturated rings. The topological polar surface area (TPSA) is 74.3 Å². The predicted molar refractivity (Wildman–Crippen MR) is 143 cm³/mol. The third-order valence-corrected chi connectivity index (χ3v) is 5.87. The van der Waals surface area contributed by atoms with Gasteiger partial charge in [-0.25, -0.2) is 0 Å². The SMILES string of the molecule is COCCCCCCCC(=O)OCc1cc(COC(=O)CCCCCCCOC)cc(CN(C)C)c1. The molecule has 0 aliphatic carbocycles. The molecule has 0 N–H and O–H groups in total. The van der Waals surface area contributed by atoms with E-state index in [1.54, 1.807) is 14.2 Å². The summed E-state index contributed by atoms with van der Waals surface area (Å²) in [6, 6.07) is 6.07. The fraction of sp³-hybridized carbons (Fsp3) is 0.724. The van der Waals surface area contributed by atoms with Gasteiger partial charge in [0.1, 0.15) is 13.2 Å². The molecule has 1 aromatic carbocycles. The number of hydrogen-bond acceptors (Lipinski definition) is 7. The van der Waals surface area contributed by atoms with Crippen LogP contribution < -0.4 is 0 Å². The van der Waals surface area contributed by atoms with Crippen LogP contribution in [-0.4, -0.2) is 58.4 Å². The van der Waals surface area contributed by atoms with Crippen LogP contribution in [0.3, 0.4) is 0 Å². The van der Waals surface area contributed by atoms with Gasteiger partial charge >= 0.3 is 11.9 Å². The first-order valence-corrected chi connectivity index (χ1v) is 13.5. The molecule has 0 aromatic heterocycles. The van der Waals surface area contributed by atoms with Gasteiger partial charge in [0.15, 0.2) is 0 Å². The van der Waals surface area contributed by atoms with Crippen molar-refractivity contribution in [1.29, 1.82) is 0 Å². The van der Waals surface area contributed by atoms with Crippen LogP contribution in [0.25, 0.3) is 0 Å². The molecular formula is C29H49NO6. The summed E-state index contributed by atoms with van der Waals surface area (Å²) >= 11 is 0. The summed E-state index contributed by atoms with van der Waals surface area (Å²) in [7, 11) is 7.46. The minimum atomic E-state index is -0.167. The number of benzene rings is 1. The molecule has 1 rings (SSSR count). The maximum absolute atomic E-state index is 12.2. The standard InChI is InChI=1S/C29H49NO6/c1-30(2)22-25-19-26(23-35-28(31)15-11-7-5-9-13-17-33-3)21-27(20-25)24-36-29(32)16-12-8-6-10-14-18-34-4/h19-21H,5-18,22-24H2,1-4H3. The maximum Gasteiger partial charge on any atom is 0.306 e. The molecule has 0 radical (unpaired) electrons. The largest absolute Gasteiger partial charge is 0.461 e. The van der Waals surface area contributed by atoms with E-state index in [9.17, 15) is 9.59 Å². The molecule has 7 nitrogen and oxygen atoms in total. The van der Waals surface area contributed by atoms with Gasteiger partial charge < -0.3 is 23.8 Å². The molecule has 0 atom stereocenters. The van der Waals surface area contributed by atoms with Gasteiger partial charge in [-0.1, -0.05) is 50.7 Å². The third kappa shape index (κ3) is 17.5. The minimum absolute atomic E-state index is 0.167. The second-order valence-electron chi connectivity index (χ2n) is 9.74. The van der Waals surface area contributed by atoms with Crippen LogP contribution in [0, 0.1) is 0 Å². The Morgan fingerprint density at radius 3 is 1.42 bits per heavy atom. The van der Waals surface area contributed by atoms with Crippen LogP contribution in [0.2, 0.25) is 0 Å². The Hall–Kier alpha value is -1.96. The second-order valence-corrected chi connectivity index (χ2v) is 9.74. The van der Waals surface area contributed by atoms with Gasteiger partial charge in [0.2, 0.25) is 0 Å². The number of rotatable bonds is 22. The number of methoxy groups -OCH3 is 2. The second kappa shape index (κ2) is 21.2. The lowest BCUT2D eigenvalue weighted by Gasteiger charge is -2.14. The van der Waals surface area contributed by atoms with Gasteiger partial charge in [0, 0.05) is 46.8 Å². The molecule has 0 saturated carbocycles. The van der Waals surface area contributed by atoms with Crippen molar-refractivity contribution in [2.24, 2.45) is 0 Å². The fourth-order valence-electron chi connectivity index (χ4n) is 4.03. The first-order valence-electron chi connectivity index (χ1n) is 13.5. The summed E-state index contributed by atoms with van der Waals surface area (Å²) in [6.45, 7) is 2.82. The lowest BCUT2D eigenvalue weighted by atomic mass is 10.1. The Morgan fingerprint density at radius 2 is 1.00 bits per heavy atom. The normalized spacial score (nSPS) is 11.1. The van der Waals surface area contributed by atoms with E-state index in [0.717, 1.165) is 101 Å². The molecule has 0 bridgehead atoms. The summed E-state index contributed by atoms with van der Waals surface area (Å²) in [4.78, 5) is 26.5. The summed E-state index contributed by atoms with van der Waals surface area (Å²) in [5.41, 5.74) is 2.94. The number of hydrogen-bond donors (Lipinski definition) is 0. The first-order chi connectivity index (χ1) is 17.4. The van der Waals surface area contributed by atoms with Crippen LogP contribution in [0.5, 0.6) is 0 Å². The minimum Gasteiger partial charge on any atom is -0.461 e. The van der Waals surface area contributed by atoms with Crippen LogP contribution in [0.1, 0.15) is 93.7 Å². The van der Waals surface area contributed by atoms with Crippen LogP contribution in [-0.2, 0) is 48.3 Å². The summed E-state index contributed by atoms with van der Waals surface area (Å²) < 4.78 is 21.2. The Kier molecular flexibility index (Phi) is 18.8. The van der Waals surface area contributed by atoms with Crippen molar-refractivity contribution < 1.29 is 28.5 Å². The van der Waals surface area contributed by atoms with Gasteiger partial charge in [-0.15, -0.1) is 0 Å². The molecule has 0 heterocycles. The molecule has 7 heteroatoms. The molecule has 0 spiro atoms. The van der Waals surface area contributed by atoms with Gasteiger partial charge in [0.25, 0.3) is 0 Å². The smallest absolute Gasteiger partial charge is 0.306 e. The zero-order valence-electron chi connectivity index (χ0n) is 23.1. The van der Waals surface area contributed by atoms with E-state index in [4.69, 9.17) is 18.9 Å². The Morgan fingerprint density at radius 1 is 0.611 bits per heavy atom. The van der Waals surface area contributed by atoms with Crippen molar-refractivity contribution in [3.63, 3.8) is 0 Å². The zero-order valence-corrected chi connectivity index (χ0v) is 23.1. The summed E-state index contributed by atoms with van der Waals surface area (Å²) in [5.74, 6) is -0.333. The highest BCUT2D eigenvalue weighted by atomic mass is 16.5. The molecule has 36 heavy (non-hydrogen) atoms. The molecule has 0 aliphatic rings. The van der Waals surface area contributed by atoms with E-state index in [1.807, 2.05) is 20.2 Å². The van der Waals surface area contributed by atoms with Gasteiger partial charge in [-0.3, -0.25) is 9.59 Å².